The Morgan fingerprint density at radius 1 is 1.12 bits per heavy atom. The summed E-state index contributed by atoms with van der Waals surface area (Å²) in [6.07, 6.45) is -3.85. The Morgan fingerprint density at radius 3 is 2.58 bits per heavy atom. The molecule has 1 aromatic heterocycles. The first-order valence-corrected chi connectivity index (χ1v) is 21.4. The van der Waals surface area contributed by atoms with Crippen LogP contribution in [0.4, 0.5) is 5.69 Å². The molecule has 18 nitrogen and oxygen atoms in total. The zero-order valence-corrected chi connectivity index (χ0v) is 34.9. The van der Waals surface area contributed by atoms with Gasteiger partial charge in [-0.2, -0.15) is 0 Å². The fourth-order valence-electron chi connectivity index (χ4n) is 8.68. The highest BCUT2D eigenvalue weighted by Crippen LogP contribution is 2.53. The smallest absolute Gasteiger partial charge is 0.287 e. The largest absolute Gasteiger partial charge is 0.507 e. The Morgan fingerprint density at radius 2 is 1.88 bits per heavy atom. The summed E-state index contributed by atoms with van der Waals surface area (Å²) in [4.78, 5) is 59.2. The molecule has 0 spiro atoms. The van der Waals surface area contributed by atoms with E-state index in [0.29, 0.717) is 18.2 Å². The number of morpholine rings is 1. The highest BCUT2D eigenvalue weighted by atomic mass is 33.1. The zero-order chi connectivity index (χ0) is 42.8. The summed E-state index contributed by atoms with van der Waals surface area (Å²) < 4.78 is 35.3. The average Bonchev–Trinajstić information content (AvgIpc) is 3.61. The fourth-order valence-corrected chi connectivity index (χ4v) is 10.7. The Bertz CT molecular complexity index is 2240. The second-order valence-electron chi connectivity index (χ2n) is 15.9. The van der Waals surface area contributed by atoms with E-state index >= 15 is 0 Å². The number of aromatic hydroxyl groups is 2. The van der Waals surface area contributed by atoms with E-state index in [0.717, 1.165) is 6.20 Å². The number of aromatic nitrogens is 1. The number of phenols is 2. The van der Waals surface area contributed by atoms with E-state index in [2.05, 4.69) is 15.2 Å². The number of carbonyl (C=O) groups excluding carboxylic acids is 3. The number of nitro groups is 1. The van der Waals surface area contributed by atoms with Gasteiger partial charge in [0.05, 0.1) is 47.5 Å². The molecule has 8 rings (SSSR count). The molecule has 2 aromatic carbocycles. The van der Waals surface area contributed by atoms with Gasteiger partial charge in [-0.3, -0.25) is 29.4 Å². The van der Waals surface area contributed by atoms with Crippen molar-refractivity contribution in [2.75, 3.05) is 33.9 Å². The predicted octanol–water partition coefficient (Wildman–Crippen LogP) is 3.79. The van der Waals surface area contributed by atoms with E-state index in [1.807, 2.05) is 20.8 Å². The second kappa shape index (κ2) is 16.1. The molecular formula is C40H44N4O14S2. The number of ketones is 2. The van der Waals surface area contributed by atoms with Gasteiger partial charge in [0.15, 0.2) is 24.6 Å². The highest BCUT2D eigenvalue weighted by Gasteiger charge is 2.55. The van der Waals surface area contributed by atoms with Gasteiger partial charge >= 0.3 is 0 Å². The minimum absolute atomic E-state index is 0.0414. The van der Waals surface area contributed by atoms with Gasteiger partial charge in [0, 0.05) is 73.0 Å². The lowest BCUT2D eigenvalue weighted by molar-refractivity contribution is -0.385. The van der Waals surface area contributed by atoms with Gasteiger partial charge in [-0.15, -0.1) is 0 Å². The van der Waals surface area contributed by atoms with Crippen LogP contribution in [-0.4, -0.2) is 129 Å². The van der Waals surface area contributed by atoms with Crippen molar-refractivity contribution in [2.45, 2.75) is 98.6 Å². The number of hydrogen-bond acceptors (Lipinski definition) is 18. The molecule has 1 amide bonds. The lowest BCUT2D eigenvalue weighted by atomic mass is 9.72. The van der Waals surface area contributed by atoms with Gasteiger partial charge in [0.1, 0.15) is 40.2 Å². The third-order valence-electron chi connectivity index (χ3n) is 11.6. The van der Waals surface area contributed by atoms with Crippen LogP contribution in [-0.2, 0) is 34.9 Å². The molecule has 0 radical (unpaired) electrons. The van der Waals surface area contributed by atoms with Crippen molar-refractivity contribution in [1.29, 1.82) is 0 Å². The molecule has 8 atom stereocenters. The molecule has 3 aliphatic heterocycles. The highest BCUT2D eigenvalue weighted by molar-refractivity contribution is 8.77. The van der Waals surface area contributed by atoms with E-state index in [9.17, 15) is 39.8 Å². The number of carbonyl (C=O) groups is 3. The molecule has 0 unspecified atom stereocenters. The Kier molecular flexibility index (Phi) is 11.4. The van der Waals surface area contributed by atoms with E-state index in [1.165, 1.54) is 66.1 Å². The van der Waals surface area contributed by atoms with Gasteiger partial charge in [-0.05, 0) is 43.7 Å². The summed E-state index contributed by atoms with van der Waals surface area (Å²) in [7, 11) is 5.48. The molecule has 320 valence electrons. The first-order chi connectivity index (χ1) is 28.6. The summed E-state index contributed by atoms with van der Waals surface area (Å²) in [6.45, 7) is 6.53. The SMILES string of the molecule is COc1cccc2c1C(=O)c1c(O)c3c(c(O)c1C2=O)C[C@@](O)(C(=O)NCC(C)(C)SSc1ccc([N+](=O)[O-])cn1)C[C@@H]3O[C@H]1C[C@H]2[C@H](O[C@@H]3[C@@H](OC)OCCN32)[C@H](C)O1. The van der Waals surface area contributed by atoms with Crippen LogP contribution < -0.4 is 10.1 Å². The lowest BCUT2D eigenvalue weighted by Crippen LogP contribution is -2.56. The number of pyridine rings is 1. The maximum Gasteiger partial charge on any atom is 0.287 e. The number of ether oxygens (including phenoxy) is 6. The van der Waals surface area contributed by atoms with Crippen molar-refractivity contribution in [3.8, 4) is 17.2 Å². The Hall–Kier alpha value is -4.38. The fraction of sp³-hybridized carbons (Fsp3) is 0.500. The molecule has 3 aromatic rings. The molecule has 2 aliphatic carbocycles. The van der Waals surface area contributed by atoms with E-state index < -0.39 is 99.2 Å². The standard InChI is InChI=1S/C40H44N4O14S2/c1-18-35-22(43-11-12-55-37(54-5)36(43)58-35)13-26(56-18)57-24-15-40(50,38(49)42-17-39(2,3)60-59-25-10-9-19(16-41-25)44(51)52)14-21-28(24)34(48)30-29(32(21)46)31(45)20-7-6-8-23(53-4)27(20)33(30)47/h6-10,16,18,22,24,26,35-37,46,48,50H,11-15,17H2,1-5H3,(H,42,49)/t18-,22-,24-,26-,35+,36+,37-,40-/m0/s1. The van der Waals surface area contributed by atoms with Crippen LogP contribution in [0.2, 0.25) is 0 Å². The van der Waals surface area contributed by atoms with E-state index in [-0.39, 0.29) is 58.8 Å². The van der Waals surface area contributed by atoms with Crippen LogP contribution in [0.1, 0.15) is 82.7 Å². The summed E-state index contributed by atoms with van der Waals surface area (Å²) in [5.41, 5.74) is -3.63. The number of nitrogens with zero attached hydrogens (tertiary/aromatic N) is 3. The summed E-state index contributed by atoms with van der Waals surface area (Å²) in [5, 5.41) is 50.7. The number of hydrogen-bond donors (Lipinski definition) is 4. The number of rotatable bonds is 11. The van der Waals surface area contributed by atoms with Crippen molar-refractivity contribution in [1.82, 2.24) is 15.2 Å². The van der Waals surface area contributed by atoms with Crippen molar-refractivity contribution >= 4 is 44.7 Å². The molecular weight excluding hydrogens is 825 g/mol. The number of methoxy groups -OCH3 is 2. The molecule has 4 N–H and O–H groups in total. The quantitative estimate of drug-likeness (QED) is 0.0726. The molecule has 0 saturated carbocycles. The van der Waals surface area contributed by atoms with Crippen LogP contribution >= 0.6 is 21.6 Å². The number of nitrogens with one attached hydrogen (secondary N) is 1. The van der Waals surface area contributed by atoms with Gasteiger partial charge in [0.2, 0.25) is 5.78 Å². The minimum Gasteiger partial charge on any atom is -0.507 e. The molecule has 60 heavy (non-hydrogen) atoms. The predicted molar refractivity (Wildman–Crippen MR) is 213 cm³/mol. The average molecular weight is 869 g/mol. The first-order valence-electron chi connectivity index (χ1n) is 19.3. The maximum atomic E-state index is 14.2. The van der Waals surface area contributed by atoms with Crippen molar-refractivity contribution in [3.63, 3.8) is 0 Å². The molecule has 3 saturated heterocycles. The van der Waals surface area contributed by atoms with Crippen molar-refractivity contribution in [2.24, 2.45) is 0 Å². The van der Waals surface area contributed by atoms with Crippen LogP contribution in [0.15, 0.2) is 41.6 Å². The summed E-state index contributed by atoms with van der Waals surface area (Å²) in [5.74, 6) is -3.52. The third kappa shape index (κ3) is 7.40. The van der Waals surface area contributed by atoms with Crippen LogP contribution in [0.3, 0.4) is 0 Å². The number of fused-ring (bicyclic) bond motifs is 6. The van der Waals surface area contributed by atoms with Crippen LogP contribution in [0.5, 0.6) is 17.2 Å². The number of aliphatic hydroxyl groups is 1. The monoisotopic (exact) mass is 868 g/mol. The van der Waals surface area contributed by atoms with Crippen LogP contribution in [0, 0.1) is 10.1 Å². The normalized spacial score (nSPS) is 28.5. The number of benzene rings is 2. The summed E-state index contributed by atoms with van der Waals surface area (Å²) in [6, 6.07) is 7.11. The second-order valence-corrected chi connectivity index (χ2v) is 18.8. The number of phenolic OH excluding ortho intramolecular Hbond substituents is 2. The Balaban J connectivity index is 1.10. The molecule has 3 fully saturated rings. The van der Waals surface area contributed by atoms with Crippen LogP contribution in [0.25, 0.3) is 0 Å². The Labute approximate surface area is 351 Å². The van der Waals surface area contributed by atoms with Crippen molar-refractivity contribution < 1.29 is 63.0 Å². The maximum absolute atomic E-state index is 14.2. The molecule has 20 heteroatoms. The van der Waals surface area contributed by atoms with Gasteiger partial charge in [-0.1, -0.05) is 22.9 Å². The van der Waals surface area contributed by atoms with E-state index in [4.69, 9.17) is 28.4 Å². The molecule has 5 aliphatic rings. The van der Waals surface area contributed by atoms with Gasteiger partial charge < -0.3 is 49.1 Å². The third-order valence-corrected chi connectivity index (χ3v) is 14.8. The first kappa shape index (κ1) is 42.3. The minimum atomic E-state index is -2.26. The number of amides is 1. The molecule has 0 bridgehead atoms. The molecule has 4 heterocycles. The summed E-state index contributed by atoms with van der Waals surface area (Å²) >= 11 is 0. The lowest BCUT2D eigenvalue weighted by Gasteiger charge is -2.43. The van der Waals surface area contributed by atoms with E-state index in [1.54, 1.807) is 0 Å². The zero-order valence-electron chi connectivity index (χ0n) is 33.2. The topological polar surface area (TPSA) is 239 Å². The van der Waals surface area contributed by atoms with Crippen molar-refractivity contribution in [3.05, 3.63) is 80.0 Å². The van der Waals surface area contributed by atoms with Gasteiger partial charge in [0.25, 0.3) is 11.6 Å². The van der Waals surface area contributed by atoms with Gasteiger partial charge in [-0.25, -0.2) is 4.98 Å².